The van der Waals surface area contributed by atoms with Crippen LogP contribution in [-0.4, -0.2) is 17.3 Å². The predicted octanol–water partition coefficient (Wildman–Crippen LogP) is 0.240. The van der Waals surface area contributed by atoms with Gasteiger partial charge in [-0.3, -0.25) is 10.2 Å². The van der Waals surface area contributed by atoms with E-state index in [1.807, 2.05) is 0 Å². The number of rotatable bonds is 2. The highest BCUT2D eigenvalue weighted by molar-refractivity contribution is 6.39. The summed E-state index contributed by atoms with van der Waals surface area (Å²) in [5.41, 5.74) is 2.71. The van der Waals surface area contributed by atoms with Crippen LogP contribution in [0.2, 0.25) is 0 Å². The Labute approximate surface area is 52.6 Å². The van der Waals surface area contributed by atoms with E-state index in [0.29, 0.717) is 0 Å². The Morgan fingerprint density at radius 1 is 1.67 bits per heavy atom. The number of carbonyl (C=O) groups excluding carboxylic acids is 1. The van der Waals surface area contributed by atoms with E-state index in [1.54, 1.807) is 0 Å². The molecular weight excluding hydrogens is 123 g/mol. The van der Waals surface area contributed by atoms with Crippen molar-refractivity contribution in [3.8, 4) is 0 Å². The molecule has 0 saturated carbocycles. The molecule has 0 amide bonds. The first kappa shape index (κ1) is 8.07. The van der Waals surface area contributed by atoms with Crippen LogP contribution >= 0.6 is 0 Å². The molecule has 3 N–H and O–H groups in total. The van der Waals surface area contributed by atoms with E-state index in [1.165, 1.54) is 0 Å². The van der Waals surface area contributed by atoms with Gasteiger partial charge in [-0.1, -0.05) is 0 Å². The summed E-state index contributed by atoms with van der Waals surface area (Å²) >= 11 is 0. The van der Waals surface area contributed by atoms with Gasteiger partial charge in [0.15, 0.2) is 11.5 Å². The molecular formula is C5H9FN2O. The maximum absolute atomic E-state index is 12.5. The lowest BCUT2D eigenvalue weighted by Gasteiger charge is -2.09. The number of hydrogen-bond acceptors (Lipinski definition) is 2. The van der Waals surface area contributed by atoms with Crippen LogP contribution in [0.4, 0.5) is 4.39 Å². The third kappa shape index (κ3) is 2.21. The minimum Gasteiger partial charge on any atom is -0.381 e. The number of ketones is 1. The predicted molar refractivity (Wildman–Crippen MR) is 32.1 cm³/mol. The molecule has 52 valence electrons. The van der Waals surface area contributed by atoms with Crippen LogP contribution in [0.3, 0.4) is 0 Å². The topological polar surface area (TPSA) is 66.9 Å². The summed E-state index contributed by atoms with van der Waals surface area (Å²) in [5, 5.41) is 6.54. The first-order valence-electron chi connectivity index (χ1n) is 2.43. The summed E-state index contributed by atoms with van der Waals surface area (Å²) in [6.07, 6.45) is 0. The third-order valence-corrected chi connectivity index (χ3v) is 0.785. The molecule has 9 heavy (non-hydrogen) atoms. The second-order valence-electron chi connectivity index (χ2n) is 2.22. The number of nitrogens with two attached hydrogens (primary N) is 1. The van der Waals surface area contributed by atoms with Crippen molar-refractivity contribution in [2.24, 2.45) is 5.73 Å². The zero-order valence-corrected chi connectivity index (χ0v) is 5.36. The molecule has 0 rings (SSSR count). The third-order valence-electron chi connectivity index (χ3n) is 0.785. The lowest BCUT2D eigenvalue weighted by molar-refractivity contribution is -0.121. The average Bonchev–Trinajstić information content (AvgIpc) is 1.62. The van der Waals surface area contributed by atoms with Gasteiger partial charge in [0.25, 0.3) is 0 Å². The van der Waals surface area contributed by atoms with E-state index in [-0.39, 0.29) is 0 Å². The molecule has 0 aromatic carbocycles. The van der Waals surface area contributed by atoms with Gasteiger partial charge in [0.05, 0.1) is 0 Å². The van der Waals surface area contributed by atoms with E-state index in [0.717, 1.165) is 13.8 Å². The molecule has 0 aliphatic heterocycles. The Morgan fingerprint density at radius 3 is 2.00 bits per heavy atom. The molecule has 4 heteroatoms. The summed E-state index contributed by atoms with van der Waals surface area (Å²) < 4.78 is 12.5. The molecule has 0 atom stereocenters. The van der Waals surface area contributed by atoms with E-state index in [4.69, 9.17) is 11.1 Å². The first-order valence-corrected chi connectivity index (χ1v) is 2.43. The van der Waals surface area contributed by atoms with Gasteiger partial charge in [0, 0.05) is 0 Å². The fourth-order valence-electron chi connectivity index (χ4n) is 0.320. The van der Waals surface area contributed by atoms with E-state index < -0.39 is 17.3 Å². The Bertz CT molecular complexity index is 148. The summed E-state index contributed by atoms with van der Waals surface area (Å²) in [4.78, 5) is 10.4. The van der Waals surface area contributed by atoms with Crippen LogP contribution < -0.4 is 5.73 Å². The smallest absolute Gasteiger partial charge is 0.233 e. The second kappa shape index (κ2) is 2.13. The van der Waals surface area contributed by atoms with Crippen LogP contribution in [0.15, 0.2) is 0 Å². The van der Waals surface area contributed by atoms with Crippen LogP contribution in [0, 0.1) is 5.41 Å². The highest BCUT2D eigenvalue weighted by atomic mass is 19.1. The van der Waals surface area contributed by atoms with Crippen molar-refractivity contribution in [1.82, 2.24) is 0 Å². The molecule has 0 aliphatic carbocycles. The summed E-state index contributed by atoms with van der Waals surface area (Å²) in [6, 6.07) is 0. The number of Topliss-reactive ketones (excluding diaryl/α,β-unsaturated/α-hetero) is 1. The lowest BCUT2D eigenvalue weighted by Crippen LogP contribution is -2.37. The minimum atomic E-state index is -2.01. The van der Waals surface area contributed by atoms with Crippen molar-refractivity contribution < 1.29 is 9.18 Å². The Kier molecular flexibility index (Phi) is 1.91. The number of hydrogen-bond donors (Lipinski definition) is 2. The van der Waals surface area contributed by atoms with Gasteiger partial charge in [0.2, 0.25) is 5.78 Å². The van der Waals surface area contributed by atoms with E-state index in [2.05, 4.69) is 0 Å². The average molecular weight is 132 g/mol. The van der Waals surface area contributed by atoms with Crippen LogP contribution in [0.5, 0.6) is 0 Å². The zero-order valence-electron chi connectivity index (χ0n) is 5.36. The molecule has 0 heterocycles. The summed E-state index contributed by atoms with van der Waals surface area (Å²) in [5.74, 6) is -1.70. The number of nitrogens with one attached hydrogen (secondary N) is 1. The van der Waals surface area contributed by atoms with Crippen LogP contribution in [-0.2, 0) is 4.79 Å². The fraction of sp³-hybridized carbons (Fsp3) is 0.600. The molecule has 0 radical (unpaired) electrons. The highest BCUT2D eigenvalue weighted by Crippen LogP contribution is 2.08. The monoisotopic (exact) mass is 132 g/mol. The Morgan fingerprint density at radius 2 is 2.00 bits per heavy atom. The van der Waals surface area contributed by atoms with Crippen LogP contribution in [0.1, 0.15) is 13.8 Å². The molecule has 0 unspecified atom stereocenters. The normalized spacial score (nSPS) is 11.0. The maximum atomic E-state index is 12.5. The van der Waals surface area contributed by atoms with Crippen molar-refractivity contribution in [1.29, 1.82) is 5.41 Å². The van der Waals surface area contributed by atoms with Gasteiger partial charge < -0.3 is 5.73 Å². The molecule has 0 aliphatic rings. The van der Waals surface area contributed by atoms with Gasteiger partial charge in [-0.05, 0) is 13.8 Å². The lowest BCUT2D eigenvalue weighted by atomic mass is 10.1. The molecule has 0 aromatic rings. The standard InChI is InChI=1S/C5H9FN2O/c1-5(2,6)3(9)4(7)8/h1-2H3,(H3,7,8). The number of amidine groups is 1. The molecule has 0 spiro atoms. The van der Waals surface area contributed by atoms with Crippen molar-refractivity contribution >= 4 is 11.6 Å². The summed E-state index contributed by atoms with van der Waals surface area (Å²) in [7, 11) is 0. The fourth-order valence-corrected chi connectivity index (χ4v) is 0.320. The van der Waals surface area contributed by atoms with Gasteiger partial charge in [0.1, 0.15) is 0 Å². The molecule has 0 fully saturated rings. The van der Waals surface area contributed by atoms with E-state index >= 15 is 0 Å². The number of alkyl halides is 1. The highest BCUT2D eigenvalue weighted by Gasteiger charge is 2.28. The number of carbonyl (C=O) groups is 1. The SMILES string of the molecule is CC(C)(F)C(=O)C(=N)N. The van der Waals surface area contributed by atoms with Gasteiger partial charge in [-0.25, -0.2) is 4.39 Å². The zero-order chi connectivity index (χ0) is 7.65. The van der Waals surface area contributed by atoms with Crippen molar-refractivity contribution in [2.75, 3.05) is 0 Å². The Hall–Kier alpha value is -0.930. The minimum absolute atomic E-state index is 0.734. The maximum Gasteiger partial charge on any atom is 0.233 e. The quantitative estimate of drug-likeness (QED) is 0.417. The summed E-state index contributed by atoms with van der Waals surface area (Å²) in [6.45, 7) is 2.13. The first-order chi connectivity index (χ1) is 3.85. The van der Waals surface area contributed by atoms with E-state index in [9.17, 15) is 9.18 Å². The van der Waals surface area contributed by atoms with Crippen LogP contribution in [0.25, 0.3) is 0 Å². The largest absolute Gasteiger partial charge is 0.381 e. The molecule has 3 nitrogen and oxygen atoms in total. The van der Waals surface area contributed by atoms with Gasteiger partial charge >= 0.3 is 0 Å². The second-order valence-corrected chi connectivity index (χ2v) is 2.22. The molecule has 0 bridgehead atoms. The van der Waals surface area contributed by atoms with Gasteiger partial charge in [-0.2, -0.15) is 0 Å². The molecule has 0 saturated heterocycles. The van der Waals surface area contributed by atoms with Crippen molar-refractivity contribution in [3.63, 3.8) is 0 Å². The number of halogens is 1. The van der Waals surface area contributed by atoms with Crippen molar-refractivity contribution in [2.45, 2.75) is 19.5 Å². The van der Waals surface area contributed by atoms with Gasteiger partial charge in [-0.15, -0.1) is 0 Å². The molecule has 0 aromatic heterocycles. The Balaban J connectivity index is 4.23. The van der Waals surface area contributed by atoms with Crippen molar-refractivity contribution in [3.05, 3.63) is 0 Å².